The monoisotopic (exact) mass is 358 g/mol. The third-order valence-electron chi connectivity index (χ3n) is 3.60. The Morgan fingerprint density at radius 2 is 2.12 bits per heavy atom. The summed E-state index contributed by atoms with van der Waals surface area (Å²) >= 11 is 0. The smallest absolute Gasteiger partial charge is 0.410 e. The van der Waals surface area contributed by atoms with E-state index in [2.05, 4.69) is 14.9 Å². The molecule has 1 amide bonds. The van der Waals surface area contributed by atoms with Gasteiger partial charge in [0.15, 0.2) is 5.82 Å². The second kappa shape index (κ2) is 7.00. The topological polar surface area (TPSA) is 104 Å². The molecule has 1 aromatic heterocycles. The molecule has 9 heteroatoms. The van der Waals surface area contributed by atoms with E-state index >= 15 is 0 Å². The van der Waals surface area contributed by atoms with Crippen LogP contribution in [0.15, 0.2) is 0 Å². The highest BCUT2D eigenvalue weighted by molar-refractivity contribution is 7.92. The first-order valence-electron chi connectivity index (χ1n) is 8.16. The fraction of sp³-hybridized carbons (Fsp3) is 0.733. The van der Waals surface area contributed by atoms with Crippen molar-refractivity contribution in [2.45, 2.75) is 59.1 Å². The molecule has 0 fully saturated rings. The van der Waals surface area contributed by atoms with Crippen molar-refractivity contribution in [2.75, 3.05) is 17.0 Å². The molecule has 0 saturated heterocycles. The lowest BCUT2D eigenvalue weighted by Gasteiger charge is -2.30. The standard InChI is InChI=1S/C15H26N4O4S/c1-5-6-9-24(21,22)18-13-11-10-19(8-7-12(11)16-17-13)14(20)23-15(2,3)4/h5-10H2,1-4H3,(H2,16,17,18). The molecular weight excluding hydrogens is 332 g/mol. The van der Waals surface area contributed by atoms with Crippen molar-refractivity contribution in [3.8, 4) is 0 Å². The van der Waals surface area contributed by atoms with E-state index in [1.807, 2.05) is 27.7 Å². The van der Waals surface area contributed by atoms with Crippen LogP contribution in [0.5, 0.6) is 0 Å². The lowest BCUT2D eigenvalue weighted by molar-refractivity contribution is 0.0224. The maximum Gasteiger partial charge on any atom is 0.410 e. The summed E-state index contributed by atoms with van der Waals surface area (Å²) in [6.07, 6.45) is 1.56. The van der Waals surface area contributed by atoms with Crippen LogP contribution >= 0.6 is 0 Å². The van der Waals surface area contributed by atoms with Crippen molar-refractivity contribution < 1.29 is 17.9 Å². The molecule has 0 saturated carbocycles. The summed E-state index contributed by atoms with van der Waals surface area (Å²) in [5.74, 6) is 0.329. The Bertz CT molecular complexity index is 691. The number of nitrogens with zero attached hydrogens (tertiary/aromatic N) is 2. The van der Waals surface area contributed by atoms with E-state index in [9.17, 15) is 13.2 Å². The minimum atomic E-state index is -3.43. The third-order valence-corrected chi connectivity index (χ3v) is 4.93. The van der Waals surface area contributed by atoms with Gasteiger partial charge in [-0.1, -0.05) is 13.3 Å². The summed E-state index contributed by atoms with van der Waals surface area (Å²) in [5, 5.41) is 6.92. The molecule has 1 aliphatic heterocycles. The van der Waals surface area contributed by atoms with E-state index in [1.165, 1.54) is 0 Å². The Morgan fingerprint density at radius 1 is 1.42 bits per heavy atom. The second-order valence-corrected chi connectivity index (χ2v) is 8.80. The SMILES string of the molecule is CCCCS(=O)(=O)Nc1n[nH]c2c1CN(C(=O)OC(C)(C)C)CC2. The van der Waals surface area contributed by atoms with E-state index in [0.717, 1.165) is 12.1 Å². The molecule has 1 aliphatic rings. The average molecular weight is 358 g/mol. The molecule has 1 aromatic rings. The zero-order valence-electron chi connectivity index (χ0n) is 14.7. The van der Waals surface area contributed by atoms with Crippen LogP contribution in [0.4, 0.5) is 10.6 Å². The number of aromatic amines is 1. The van der Waals surface area contributed by atoms with Crippen molar-refractivity contribution in [3.05, 3.63) is 11.3 Å². The molecule has 24 heavy (non-hydrogen) atoms. The van der Waals surface area contributed by atoms with Gasteiger partial charge in [-0.2, -0.15) is 5.10 Å². The van der Waals surface area contributed by atoms with Crippen LogP contribution in [0.2, 0.25) is 0 Å². The van der Waals surface area contributed by atoms with Crippen LogP contribution in [0.3, 0.4) is 0 Å². The molecule has 0 aromatic carbocycles. The summed E-state index contributed by atoms with van der Waals surface area (Å²) < 4.78 is 32.1. The fourth-order valence-corrected chi connectivity index (χ4v) is 3.63. The van der Waals surface area contributed by atoms with E-state index in [0.29, 0.717) is 24.9 Å². The van der Waals surface area contributed by atoms with E-state index < -0.39 is 21.7 Å². The second-order valence-electron chi connectivity index (χ2n) is 6.96. The highest BCUT2D eigenvalue weighted by atomic mass is 32.2. The van der Waals surface area contributed by atoms with Gasteiger partial charge in [0.2, 0.25) is 10.0 Å². The molecule has 0 aliphatic carbocycles. The molecule has 2 heterocycles. The highest BCUT2D eigenvalue weighted by Crippen LogP contribution is 2.26. The predicted molar refractivity (Wildman–Crippen MR) is 91.3 cm³/mol. The average Bonchev–Trinajstić information content (AvgIpc) is 2.85. The van der Waals surface area contributed by atoms with Gasteiger partial charge in [-0.25, -0.2) is 13.2 Å². The Hall–Kier alpha value is -1.77. The number of rotatable bonds is 5. The van der Waals surface area contributed by atoms with Crippen LogP contribution < -0.4 is 4.72 Å². The first kappa shape index (κ1) is 18.6. The van der Waals surface area contributed by atoms with Crippen LogP contribution in [-0.2, 0) is 27.7 Å². The highest BCUT2D eigenvalue weighted by Gasteiger charge is 2.29. The fourth-order valence-electron chi connectivity index (χ4n) is 2.39. The molecule has 0 spiro atoms. The molecular formula is C15H26N4O4S. The normalized spacial score (nSPS) is 15.1. The molecule has 0 bridgehead atoms. The quantitative estimate of drug-likeness (QED) is 0.840. The summed E-state index contributed by atoms with van der Waals surface area (Å²) in [6.45, 7) is 8.14. The first-order chi connectivity index (χ1) is 11.1. The number of ether oxygens (including phenoxy) is 1. The Morgan fingerprint density at radius 3 is 2.75 bits per heavy atom. The Balaban J connectivity index is 2.11. The van der Waals surface area contributed by atoms with Gasteiger partial charge in [0.25, 0.3) is 0 Å². The molecule has 136 valence electrons. The van der Waals surface area contributed by atoms with Gasteiger partial charge in [0.05, 0.1) is 12.3 Å². The Labute approximate surface area is 143 Å². The zero-order valence-corrected chi connectivity index (χ0v) is 15.5. The summed E-state index contributed by atoms with van der Waals surface area (Å²) in [4.78, 5) is 13.8. The third kappa shape index (κ3) is 4.86. The van der Waals surface area contributed by atoms with Gasteiger partial charge in [-0.3, -0.25) is 9.82 Å². The maximum atomic E-state index is 12.2. The number of H-pyrrole nitrogens is 1. The molecule has 2 rings (SSSR count). The van der Waals surface area contributed by atoms with Crippen LogP contribution in [0.1, 0.15) is 51.8 Å². The van der Waals surface area contributed by atoms with E-state index in [4.69, 9.17) is 4.74 Å². The van der Waals surface area contributed by atoms with Gasteiger partial charge in [-0.15, -0.1) is 0 Å². The number of unbranched alkanes of at least 4 members (excludes halogenated alkanes) is 1. The number of carbonyl (C=O) groups is 1. The predicted octanol–water partition coefficient (Wildman–Crippen LogP) is 2.24. The van der Waals surface area contributed by atoms with E-state index in [-0.39, 0.29) is 18.1 Å². The van der Waals surface area contributed by atoms with Crippen molar-refractivity contribution in [3.63, 3.8) is 0 Å². The van der Waals surface area contributed by atoms with Crippen molar-refractivity contribution in [1.29, 1.82) is 0 Å². The number of carbonyl (C=O) groups excluding carboxylic acids is 1. The number of fused-ring (bicyclic) bond motifs is 1. The number of hydrogen-bond donors (Lipinski definition) is 2. The van der Waals surface area contributed by atoms with Gasteiger partial charge in [0.1, 0.15) is 5.60 Å². The molecule has 0 radical (unpaired) electrons. The van der Waals surface area contributed by atoms with Crippen LogP contribution in [-0.4, -0.2) is 47.5 Å². The van der Waals surface area contributed by atoms with Crippen molar-refractivity contribution >= 4 is 21.9 Å². The molecule has 2 N–H and O–H groups in total. The summed E-state index contributed by atoms with van der Waals surface area (Å²) in [5.41, 5.74) is 0.980. The molecule has 0 atom stereocenters. The number of amides is 1. The number of aromatic nitrogens is 2. The number of anilines is 1. The molecule has 0 unspecified atom stereocenters. The van der Waals surface area contributed by atoms with Gasteiger partial charge in [0, 0.05) is 24.2 Å². The van der Waals surface area contributed by atoms with E-state index in [1.54, 1.807) is 4.90 Å². The minimum absolute atomic E-state index is 0.0565. The number of nitrogens with one attached hydrogen (secondary N) is 2. The largest absolute Gasteiger partial charge is 0.444 e. The lowest BCUT2D eigenvalue weighted by atomic mass is 10.1. The zero-order chi connectivity index (χ0) is 18.0. The van der Waals surface area contributed by atoms with Gasteiger partial charge < -0.3 is 9.64 Å². The van der Waals surface area contributed by atoms with Gasteiger partial charge in [-0.05, 0) is 27.2 Å². The summed E-state index contributed by atoms with van der Waals surface area (Å²) in [6, 6.07) is 0. The summed E-state index contributed by atoms with van der Waals surface area (Å²) in [7, 11) is -3.43. The first-order valence-corrected chi connectivity index (χ1v) is 9.81. The molecule has 8 nitrogen and oxygen atoms in total. The van der Waals surface area contributed by atoms with Gasteiger partial charge >= 0.3 is 6.09 Å². The van der Waals surface area contributed by atoms with Crippen molar-refractivity contribution in [2.24, 2.45) is 0 Å². The van der Waals surface area contributed by atoms with Crippen molar-refractivity contribution in [1.82, 2.24) is 15.1 Å². The lowest BCUT2D eigenvalue weighted by Crippen LogP contribution is -2.40. The number of sulfonamides is 1. The van der Waals surface area contributed by atoms with Crippen LogP contribution in [0, 0.1) is 0 Å². The maximum absolute atomic E-state index is 12.2. The Kier molecular flexibility index (Phi) is 5.42. The van der Waals surface area contributed by atoms with Crippen LogP contribution in [0.25, 0.3) is 0 Å². The number of hydrogen-bond acceptors (Lipinski definition) is 5. The minimum Gasteiger partial charge on any atom is -0.444 e.